The van der Waals surface area contributed by atoms with E-state index in [0.717, 1.165) is 51.0 Å². The molecule has 1 aliphatic heterocycles. The highest BCUT2D eigenvalue weighted by Gasteiger charge is 2.47. The molecule has 0 aromatic carbocycles. The van der Waals surface area contributed by atoms with Gasteiger partial charge < -0.3 is 4.90 Å². The van der Waals surface area contributed by atoms with Crippen molar-refractivity contribution in [3.63, 3.8) is 0 Å². The summed E-state index contributed by atoms with van der Waals surface area (Å²) in [6.45, 7) is 0.900. The number of nitriles is 1. The molecule has 3 heteroatoms. The number of rotatable bonds is 1. The molecule has 3 rings (SSSR count). The van der Waals surface area contributed by atoms with Gasteiger partial charge in [-0.05, 0) is 38.0 Å². The first-order valence-corrected chi connectivity index (χ1v) is 7.99. The van der Waals surface area contributed by atoms with Gasteiger partial charge in [-0.15, -0.1) is 0 Å². The SMILES string of the molecule is N#CC1(C(=O)N2CCC3CCCCC32)CCCCC1. The molecule has 1 saturated heterocycles. The zero-order chi connectivity index (χ0) is 13.3. The zero-order valence-corrected chi connectivity index (χ0v) is 11.7. The molecule has 0 aromatic rings. The van der Waals surface area contributed by atoms with E-state index in [0.29, 0.717) is 6.04 Å². The maximum absolute atomic E-state index is 12.9. The lowest BCUT2D eigenvalue weighted by Gasteiger charge is -2.38. The summed E-state index contributed by atoms with van der Waals surface area (Å²) in [4.78, 5) is 15.0. The number of hydrogen-bond donors (Lipinski definition) is 0. The van der Waals surface area contributed by atoms with Gasteiger partial charge in [0.2, 0.25) is 5.91 Å². The zero-order valence-electron chi connectivity index (χ0n) is 11.7. The smallest absolute Gasteiger partial charge is 0.243 e. The van der Waals surface area contributed by atoms with E-state index in [9.17, 15) is 10.1 Å². The second kappa shape index (κ2) is 5.15. The third-order valence-corrected chi connectivity index (χ3v) is 5.60. The van der Waals surface area contributed by atoms with Crippen LogP contribution < -0.4 is 0 Å². The first-order valence-electron chi connectivity index (χ1n) is 7.99. The van der Waals surface area contributed by atoms with E-state index in [1.54, 1.807) is 0 Å². The molecule has 3 fully saturated rings. The van der Waals surface area contributed by atoms with Crippen LogP contribution in [0.5, 0.6) is 0 Å². The summed E-state index contributed by atoms with van der Waals surface area (Å²) in [7, 11) is 0. The van der Waals surface area contributed by atoms with Gasteiger partial charge in [-0.1, -0.05) is 32.1 Å². The minimum atomic E-state index is -0.676. The Morgan fingerprint density at radius 1 is 1.05 bits per heavy atom. The second-order valence-corrected chi connectivity index (χ2v) is 6.65. The van der Waals surface area contributed by atoms with Gasteiger partial charge in [-0.3, -0.25) is 4.79 Å². The van der Waals surface area contributed by atoms with E-state index in [-0.39, 0.29) is 5.91 Å². The number of fused-ring (bicyclic) bond motifs is 1. The number of carbonyl (C=O) groups is 1. The van der Waals surface area contributed by atoms with Crippen molar-refractivity contribution in [2.45, 2.75) is 70.3 Å². The summed E-state index contributed by atoms with van der Waals surface area (Å²) < 4.78 is 0. The number of carbonyl (C=O) groups excluding carboxylic acids is 1. The van der Waals surface area contributed by atoms with Crippen molar-refractivity contribution in [1.29, 1.82) is 5.26 Å². The summed E-state index contributed by atoms with van der Waals surface area (Å²) >= 11 is 0. The molecule has 0 aromatic heterocycles. The molecule has 3 aliphatic rings. The van der Waals surface area contributed by atoms with Gasteiger partial charge in [0, 0.05) is 12.6 Å². The Labute approximate surface area is 116 Å². The predicted molar refractivity (Wildman–Crippen MR) is 73.2 cm³/mol. The van der Waals surface area contributed by atoms with Crippen LogP contribution in [-0.4, -0.2) is 23.4 Å². The fraction of sp³-hybridized carbons (Fsp3) is 0.875. The van der Waals surface area contributed by atoms with Crippen LogP contribution in [0.1, 0.15) is 64.2 Å². The molecule has 0 spiro atoms. The highest BCUT2D eigenvalue weighted by atomic mass is 16.2. The summed E-state index contributed by atoms with van der Waals surface area (Å²) in [6, 6.07) is 2.85. The van der Waals surface area contributed by atoms with Gasteiger partial charge in [0.25, 0.3) is 0 Å². The average Bonchev–Trinajstić information content (AvgIpc) is 2.91. The molecule has 0 N–H and O–H groups in total. The molecule has 2 aliphatic carbocycles. The minimum absolute atomic E-state index is 0.170. The van der Waals surface area contributed by atoms with Gasteiger partial charge in [-0.25, -0.2) is 0 Å². The fourth-order valence-corrected chi connectivity index (χ4v) is 4.46. The van der Waals surface area contributed by atoms with Crippen molar-refractivity contribution >= 4 is 5.91 Å². The van der Waals surface area contributed by atoms with Crippen molar-refractivity contribution in [2.24, 2.45) is 11.3 Å². The number of hydrogen-bond acceptors (Lipinski definition) is 2. The van der Waals surface area contributed by atoms with E-state index in [2.05, 4.69) is 11.0 Å². The lowest BCUT2D eigenvalue weighted by Crippen LogP contribution is -2.48. The Bertz CT molecular complexity index is 392. The third kappa shape index (κ3) is 2.16. The standard InChI is InChI=1S/C16H24N2O/c17-12-16(9-4-1-5-10-16)15(19)18-11-8-13-6-2-3-7-14(13)18/h13-14H,1-11H2. The summed E-state index contributed by atoms with van der Waals surface area (Å²) in [6.07, 6.45) is 11.0. The van der Waals surface area contributed by atoms with Gasteiger partial charge in [-0.2, -0.15) is 5.26 Å². The number of likely N-dealkylation sites (tertiary alicyclic amines) is 1. The fourth-order valence-electron chi connectivity index (χ4n) is 4.46. The van der Waals surface area contributed by atoms with Crippen molar-refractivity contribution < 1.29 is 4.79 Å². The molecule has 3 nitrogen and oxygen atoms in total. The van der Waals surface area contributed by atoms with Crippen LogP contribution in [0.4, 0.5) is 0 Å². The van der Waals surface area contributed by atoms with Crippen LogP contribution in [0.3, 0.4) is 0 Å². The Morgan fingerprint density at radius 2 is 1.79 bits per heavy atom. The first-order chi connectivity index (χ1) is 9.27. The Morgan fingerprint density at radius 3 is 2.53 bits per heavy atom. The molecular weight excluding hydrogens is 236 g/mol. The van der Waals surface area contributed by atoms with Crippen molar-refractivity contribution in [3.05, 3.63) is 0 Å². The van der Waals surface area contributed by atoms with Gasteiger partial charge in [0.15, 0.2) is 0 Å². The van der Waals surface area contributed by atoms with Crippen LogP contribution in [-0.2, 0) is 4.79 Å². The maximum atomic E-state index is 12.9. The van der Waals surface area contributed by atoms with Gasteiger partial charge in [0.05, 0.1) is 6.07 Å². The quantitative estimate of drug-likeness (QED) is 0.726. The molecule has 0 radical (unpaired) electrons. The Kier molecular flexibility index (Phi) is 3.52. The summed E-state index contributed by atoms with van der Waals surface area (Å²) in [5.41, 5.74) is -0.676. The van der Waals surface area contributed by atoms with Crippen LogP contribution in [0.25, 0.3) is 0 Å². The predicted octanol–water partition coefficient (Wildman–Crippen LogP) is 3.25. The van der Waals surface area contributed by atoms with E-state index in [4.69, 9.17) is 0 Å². The molecule has 19 heavy (non-hydrogen) atoms. The molecular formula is C16H24N2O. The van der Waals surface area contributed by atoms with E-state index >= 15 is 0 Å². The van der Waals surface area contributed by atoms with Gasteiger partial charge >= 0.3 is 0 Å². The van der Waals surface area contributed by atoms with Crippen LogP contribution in [0, 0.1) is 22.7 Å². The van der Waals surface area contributed by atoms with Crippen LogP contribution in [0.2, 0.25) is 0 Å². The molecule has 0 bridgehead atoms. The highest BCUT2D eigenvalue weighted by Crippen LogP contribution is 2.42. The lowest BCUT2D eigenvalue weighted by molar-refractivity contribution is -0.142. The lowest BCUT2D eigenvalue weighted by atomic mass is 9.73. The largest absolute Gasteiger partial charge is 0.338 e. The monoisotopic (exact) mass is 260 g/mol. The summed E-state index contributed by atoms with van der Waals surface area (Å²) in [5, 5.41) is 9.57. The molecule has 104 valence electrons. The molecule has 2 saturated carbocycles. The maximum Gasteiger partial charge on any atom is 0.243 e. The summed E-state index contributed by atoms with van der Waals surface area (Å²) in [5.74, 6) is 0.890. The molecule has 2 unspecified atom stereocenters. The molecule has 1 heterocycles. The van der Waals surface area contributed by atoms with Crippen LogP contribution >= 0.6 is 0 Å². The van der Waals surface area contributed by atoms with E-state index in [1.807, 2.05) is 0 Å². The number of nitrogens with zero attached hydrogens (tertiary/aromatic N) is 2. The molecule has 2 atom stereocenters. The third-order valence-electron chi connectivity index (χ3n) is 5.60. The normalized spacial score (nSPS) is 33.5. The van der Waals surface area contributed by atoms with Gasteiger partial charge in [0.1, 0.15) is 5.41 Å². The van der Waals surface area contributed by atoms with Crippen LogP contribution in [0.15, 0.2) is 0 Å². The number of amides is 1. The minimum Gasteiger partial charge on any atom is -0.338 e. The van der Waals surface area contributed by atoms with E-state index < -0.39 is 5.41 Å². The Balaban J connectivity index is 1.77. The van der Waals surface area contributed by atoms with E-state index in [1.165, 1.54) is 25.7 Å². The van der Waals surface area contributed by atoms with Crippen molar-refractivity contribution in [3.8, 4) is 6.07 Å². The topological polar surface area (TPSA) is 44.1 Å². The first kappa shape index (κ1) is 13.0. The second-order valence-electron chi connectivity index (χ2n) is 6.65. The van der Waals surface area contributed by atoms with Crippen molar-refractivity contribution in [2.75, 3.05) is 6.54 Å². The molecule has 1 amide bonds. The average molecular weight is 260 g/mol. The Hall–Kier alpha value is -1.04. The highest BCUT2D eigenvalue weighted by molar-refractivity contribution is 5.86. The van der Waals surface area contributed by atoms with Crippen molar-refractivity contribution in [1.82, 2.24) is 4.90 Å².